The largest absolute Gasteiger partial charge is 0.401 e. The van der Waals surface area contributed by atoms with Gasteiger partial charge in [-0.25, -0.2) is 0 Å². The predicted molar refractivity (Wildman–Crippen MR) is 85.2 cm³/mol. The molecule has 0 bridgehead atoms. The maximum atomic E-state index is 12.3. The van der Waals surface area contributed by atoms with Gasteiger partial charge in [0.05, 0.1) is 19.3 Å². The first-order chi connectivity index (χ1) is 11.4. The Labute approximate surface area is 141 Å². The van der Waals surface area contributed by atoms with Gasteiger partial charge in [0.2, 0.25) is 0 Å². The van der Waals surface area contributed by atoms with E-state index < -0.39 is 12.7 Å². The van der Waals surface area contributed by atoms with Crippen molar-refractivity contribution in [1.82, 2.24) is 15.1 Å². The van der Waals surface area contributed by atoms with Crippen LogP contribution in [0.3, 0.4) is 0 Å². The van der Waals surface area contributed by atoms with Crippen molar-refractivity contribution in [1.29, 1.82) is 0 Å². The monoisotopic (exact) mass is 352 g/mol. The molecule has 0 aromatic heterocycles. The number of halogens is 3. The highest BCUT2D eigenvalue weighted by atomic mass is 19.4. The second-order valence-electron chi connectivity index (χ2n) is 6.23. The molecule has 0 aromatic rings. The maximum absolute atomic E-state index is 12.3. The Morgan fingerprint density at radius 3 is 2.67 bits per heavy atom. The molecule has 2 rings (SSSR count). The molecule has 24 heavy (non-hydrogen) atoms. The molecule has 0 amide bonds. The molecule has 2 heterocycles. The van der Waals surface area contributed by atoms with Crippen LogP contribution in [0, 0.1) is 0 Å². The number of hydrogen-bond donors (Lipinski definition) is 1. The Kier molecular flexibility index (Phi) is 7.12. The lowest BCUT2D eigenvalue weighted by atomic mass is 10.1. The van der Waals surface area contributed by atoms with Gasteiger partial charge in [-0.3, -0.25) is 9.89 Å². The van der Waals surface area contributed by atoms with E-state index in [4.69, 9.17) is 9.47 Å². The average molecular weight is 352 g/mol. The minimum atomic E-state index is -4.17. The molecule has 2 aliphatic heterocycles. The Balaban J connectivity index is 1.76. The molecule has 0 aromatic carbocycles. The summed E-state index contributed by atoms with van der Waals surface area (Å²) in [5.74, 6) is 0.696. The van der Waals surface area contributed by atoms with Crippen molar-refractivity contribution in [3.05, 3.63) is 0 Å². The number of guanidine groups is 1. The number of nitrogens with one attached hydrogen (secondary N) is 1. The van der Waals surface area contributed by atoms with Gasteiger partial charge in [-0.15, -0.1) is 0 Å². The third-order valence-corrected chi connectivity index (χ3v) is 4.21. The molecular formula is C15H27F3N4O2. The lowest BCUT2D eigenvalue weighted by Crippen LogP contribution is -2.54. The van der Waals surface area contributed by atoms with Crippen LogP contribution in [0.15, 0.2) is 4.99 Å². The molecule has 0 saturated carbocycles. The molecule has 2 atom stereocenters. The standard InChI is InChI=1S/C15H27F3N4O2/c1-19-14(20-5-6-21(2)11-15(16,17)18)22-7-9-24-13(10-22)12-4-3-8-23-12/h12-13H,3-11H2,1-2H3,(H,19,20). The number of aliphatic imine (C=N–C) groups is 1. The number of morpholine rings is 1. The molecule has 1 N–H and O–H groups in total. The molecule has 2 saturated heterocycles. The van der Waals surface area contributed by atoms with Crippen LogP contribution >= 0.6 is 0 Å². The summed E-state index contributed by atoms with van der Waals surface area (Å²) >= 11 is 0. The van der Waals surface area contributed by atoms with Crippen LogP contribution in [0.25, 0.3) is 0 Å². The van der Waals surface area contributed by atoms with E-state index in [2.05, 4.69) is 15.2 Å². The van der Waals surface area contributed by atoms with Gasteiger partial charge >= 0.3 is 6.18 Å². The summed E-state index contributed by atoms with van der Waals surface area (Å²) in [6.45, 7) is 2.55. The van der Waals surface area contributed by atoms with Gasteiger partial charge in [0.25, 0.3) is 0 Å². The molecule has 0 spiro atoms. The molecule has 2 unspecified atom stereocenters. The highest BCUT2D eigenvalue weighted by Crippen LogP contribution is 2.21. The van der Waals surface area contributed by atoms with E-state index in [9.17, 15) is 13.2 Å². The molecule has 6 nitrogen and oxygen atoms in total. The number of nitrogens with zero attached hydrogens (tertiary/aromatic N) is 3. The van der Waals surface area contributed by atoms with Crippen LogP contribution in [-0.2, 0) is 9.47 Å². The average Bonchev–Trinajstić information content (AvgIpc) is 3.04. The van der Waals surface area contributed by atoms with Crippen LogP contribution in [0.5, 0.6) is 0 Å². The Morgan fingerprint density at radius 1 is 1.29 bits per heavy atom. The molecule has 140 valence electrons. The van der Waals surface area contributed by atoms with Crippen molar-refractivity contribution in [2.24, 2.45) is 4.99 Å². The fourth-order valence-electron chi connectivity index (χ4n) is 3.06. The van der Waals surface area contributed by atoms with Gasteiger partial charge in [0.1, 0.15) is 6.10 Å². The molecule has 0 aliphatic carbocycles. The zero-order valence-corrected chi connectivity index (χ0v) is 14.3. The van der Waals surface area contributed by atoms with Gasteiger partial charge < -0.3 is 19.7 Å². The first-order valence-electron chi connectivity index (χ1n) is 8.33. The smallest absolute Gasteiger partial charge is 0.375 e. The fraction of sp³-hybridized carbons (Fsp3) is 0.933. The Morgan fingerprint density at radius 2 is 2.04 bits per heavy atom. The van der Waals surface area contributed by atoms with E-state index in [1.807, 2.05) is 0 Å². The summed E-state index contributed by atoms with van der Waals surface area (Å²) in [5, 5.41) is 3.14. The molecule has 9 heteroatoms. The predicted octanol–water partition coefficient (Wildman–Crippen LogP) is 0.936. The van der Waals surface area contributed by atoms with Crippen molar-refractivity contribution < 1.29 is 22.6 Å². The van der Waals surface area contributed by atoms with Crippen LogP contribution in [-0.4, -0.2) is 94.2 Å². The van der Waals surface area contributed by atoms with Gasteiger partial charge in [-0.1, -0.05) is 0 Å². The van der Waals surface area contributed by atoms with Gasteiger partial charge in [-0.05, 0) is 19.9 Å². The van der Waals surface area contributed by atoms with E-state index in [1.54, 1.807) is 7.05 Å². The minimum absolute atomic E-state index is 0.0210. The van der Waals surface area contributed by atoms with E-state index in [-0.39, 0.29) is 18.8 Å². The van der Waals surface area contributed by atoms with Gasteiger partial charge in [0, 0.05) is 39.8 Å². The lowest BCUT2D eigenvalue weighted by molar-refractivity contribution is -0.142. The van der Waals surface area contributed by atoms with Crippen molar-refractivity contribution >= 4 is 5.96 Å². The van der Waals surface area contributed by atoms with E-state index in [1.165, 1.54) is 11.9 Å². The quantitative estimate of drug-likeness (QED) is 0.589. The fourth-order valence-corrected chi connectivity index (χ4v) is 3.06. The van der Waals surface area contributed by atoms with E-state index in [0.717, 1.165) is 19.4 Å². The topological polar surface area (TPSA) is 49.3 Å². The van der Waals surface area contributed by atoms with Crippen molar-refractivity contribution in [3.63, 3.8) is 0 Å². The SMILES string of the molecule is CN=C(NCCN(C)CC(F)(F)F)N1CCOC(C2CCCO2)C1. The number of ether oxygens (including phenoxy) is 2. The normalized spacial score (nSPS) is 26.2. The zero-order valence-electron chi connectivity index (χ0n) is 14.3. The Hall–Kier alpha value is -1.06. The minimum Gasteiger partial charge on any atom is -0.375 e. The van der Waals surface area contributed by atoms with E-state index in [0.29, 0.717) is 32.2 Å². The van der Waals surface area contributed by atoms with Crippen molar-refractivity contribution in [3.8, 4) is 0 Å². The summed E-state index contributed by atoms with van der Waals surface area (Å²) in [4.78, 5) is 7.57. The second-order valence-corrected chi connectivity index (χ2v) is 6.23. The number of alkyl halides is 3. The molecule has 2 fully saturated rings. The highest BCUT2D eigenvalue weighted by molar-refractivity contribution is 5.80. The van der Waals surface area contributed by atoms with Gasteiger partial charge in [-0.2, -0.15) is 13.2 Å². The molecular weight excluding hydrogens is 325 g/mol. The van der Waals surface area contributed by atoms with E-state index >= 15 is 0 Å². The Bertz CT molecular complexity index is 414. The summed E-state index contributed by atoms with van der Waals surface area (Å²) in [7, 11) is 3.14. The zero-order chi connectivity index (χ0) is 17.6. The summed E-state index contributed by atoms with van der Waals surface area (Å²) < 4.78 is 48.4. The first-order valence-corrected chi connectivity index (χ1v) is 8.33. The maximum Gasteiger partial charge on any atom is 0.401 e. The third-order valence-electron chi connectivity index (χ3n) is 4.21. The van der Waals surface area contributed by atoms with Crippen molar-refractivity contribution in [2.75, 3.05) is 60.0 Å². The number of hydrogen-bond acceptors (Lipinski definition) is 4. The van der Waals surface area contributed by atoms with Gasteiger partial charge in [0.15, 0.2) is 5.96 Å². The summed E-state index contributed by atoms with van der Waals surface area (Å²) in [6, 6.07) is 0. The van der Waals surface area contributed by atoms with Crippen LogP contribution in [0.4, 0.5) is 13.2 Å². The number of rotatable bonds is 5. The lowest BCUT2D eigenvalue weighted by Gasteiger charge is -2.37. The van der Waals surface area contributed by atoms with Crippen LogP contribution in [0.1, 0.15) is 12.8 Å². The third kappa shape index (κ3) is 6.10. The molecule has 2 aliphatic rings. The first kappa shape index (κ1) is 19.3. The highest BCUT2D eigenvalue weighted by Gasteiger charge is 2.32. The number of likely N-dealkylation sites (N-methyl/N-ethyl adjacent to an activating group) is 1. The van der Waals surface area contributed by atoms with Crippen LogP contribution < -0.4 is 5.32 Å². The van der Waals surface area contributed by atoms with Crippen LogP contribution in [0.2, 0.25) is 0 Å². The molecule has 0 radical (unpaired) electrons. The summed E-state index contributed by atoms with van der Waals surface area (Å²) in [6.07, 6.45) is -1.96. The van der Waals surface area contributed by atoms with Crippen molar-refractivity contribution in [2.45, 2.75) is 31.2 Å². The summed E-state index contributed by atoms with van der Waals surface area (Å²) in [5.41, 5.74) is 0. The second kappa shape index (κ2) is 8.87.